The maximum absolute atomic E-state index is 3.62. The highest BCUT2D eigenvalue weighted by Gasteiger charge is 2.55. The minimum atomic E-state index is 0.422. The van der Waals surface area contributed by atoms with Crippen LogP contribution in [0.25, 0.3) is 0 Å². The normalized spacial score (nSPS) is 23.5. The maximum Gasteiger partial charge on any atom is 0.00909 e. The molecule has 0 aromatic heterocycles. The summed E-state index contributed by atoms with van der Waals surface area (Å²) in [4.78, 5) is 0. The van der Waals surface area contributed by atoms with E-state index in [0.717, 1.165) is 13.1 Å². The van der Waals surface area contributed by atoms with E-state index >= 15 is 0 Å². The van der Waals surface area contributed by atoms with Crippen LogP contribution in [0, 0.1) is 12.3 Å². The molecule has 0 atom stereocenters. The summed E-state index contributed by atoms with van der Waals surface area (Å²) in [6.45, 7) is 6.74. The fourth-order valence-electron chi connectivity index (χ4n) is 4.81. The van der Waals surface area contributed by atoms with E-state index in [9.17, 15) is 0 Å². The van der Waals surface area contributed by atoms with Crippen molar-refractivity contribution in [2.45, 2.75) is 57.8 Å². The van der Waals surface area contributed by atoms with Gasteiger partial charge >= 0.3 is 0 Å². The van der Waals surface area contributed by atoms with E-state index in [0.29, 0.717) is 10.8 Å². The van der Waals surface area contributed by atoms with Gasteiger partial charge in [-0.25, -0.2) is 0 Å². The van der Waals surface area contributed by atoms with Gasteiger partial charge in [-0.15, -0.1) is 0 Å². The van der Waals surface area contributed by atoms with Gasteiger partial charge in [-0.2, -0.15) is 0 Å². The molecule has 2 fully saturated rings. The average molecular weight is 257 g/mol. The molecule has 0 heterocycles. The molecule has 0 amide bonds. The lowest BCUT2D eigenvalue weighted by Crippen LogP contribution is -2.54. The number of likely N-dealkylation sites (N-methyl/N-ethyl adjacent to an activating group) is 1. The van der Waals surface area contributed by atoms with Gasteiger partial charge in [0.2, 0.25) is 0 Å². The van der Waals surface area contributed by atoms with Gasteiger partial charge in [-0.3, -0.25) is 0 Å². The van der Waals surface area contributed by atoms with E-state index in [1.807, 2.05) is 0 Å². The van der Waals surface area contributed by atoms with Crippen LogP contribution in [0.5, 0.6) is 0 Å². The van der Waals surface area contributed by atoms with Gasteiger partial charge in [0, 0.05) is 12.0 Å². The maximum atomic E-state index is 3.62. The molecule has 1 N–H and O–H groups in total. The van der Waals surface area contributed by atoms with Crippen molar-refractivity contribution in [3.8, 4) is 0 Å². The Morgan fingerprint density at radius 1 is 1.11 bits per heavy atom. The highest BCUT2D eigenvalue weighted by molar-refractivity contribution is 5.38. The van der Waals surface area contributed by atoms with Gasteiger partial charge in [0.1, 0.15) is 0 Å². The van der Waals surface area contributed by atoms with Crippen LogP contribution < -0.4 is 5.32 Å². The van der Waals surface area contributed by atoms with Gasteiger partial charge in [-0.1, -0.05) is 44.0 Å². The Bertz CT molecular complexity index is 435. The molecule has 2 aliphatic rings. The lowest BCUT2D eigenvalue weighted by molar-refractivity contribution is 0.0269. The van der Waals surface area contributed by atoms with E-state index < -0.39 is 0 Å². The first-order valence-corrected chi connectivity index (χ1v) is 7.97. The third-order valence-electron chi connectivity index (χ3n) is 5.52. The van der Waals surface area contributed by atoms with Crippen LogP contribution in [-0.4, -0.2) is 13.1 Å². The number of aryl methyl sites for hydroxylation is 1. The molecule has 1 spiro atoms. The summed E-state index contributed by atoms with van der Waals surface area (Å²) in [5.74, 6) is 0. The van der Waals surface area contributed by atoms with Gasteiger partial charge < -0.3 is 5.32 Å². The zero-order valence-corrected chi connectivity index (χ0v) is 12.5. The van der Waals surface area contributed by atoms with Gasteiger partial charge in [0.15, 0.2) is 0 Å². The first-order chi connectivity index (χ1) is 9.20. The van der Waals surface area contributed by atoms with Gasteiger partial charge in [0.05, 0.1) is 0 Å². The predicted molar refractivity (Wildman–Crippen MR) is 81.5 cm³/mol. The molecule has 1 aromatic carbocycles. The van der Waals surface area contributed by atoms with Crippen molar-refractivity contribution in [2.24, 2.45) is 5.41 Å². The first kappa shape index (κ1) is 13.2. The molecular weight excluding hydrogens is 230 g/mol. The molecule has 1 heteroatoms. The van der Waals surface area contributed by atoms with E-state index in [-0.39, 0.29) is 0 Å². The third-order valence-corrected chi connectivity index (χ3v) is 5.52. The van der Waals surface area contributed by atoms with Crippen LogP contribution in [0.1, 0.15) is 56.6 Å². The number of hydrogen-bond acceptors (Lipinski definition) is 1. The molecule has 2 aliphatic carbocycles. The summed E-state index contributed by atoms with van der Waals surface area (Å²) in [7, 11) is 0. The lowest BCUT2D eigenvalue weighted by atomic mass is 9.49. The largest absolute Gasteiger partial charge is 0.316 e. The Kier molecular flexibility index (Phi) is 3.42. The minimum absolute atomic E-state index is 0.422. The Labute approximate surface area is 117 Å². The molecule has 1 nitrogen and oxygen atoms in total. The molecule has 104 valence electrons. The molecule has 3 rings (SSSR count). The number of rotatable bonds is 4. The Morgan fingerprint density at radius 2 is 1.79 bits per heavy atom. The fourth-order valence-corrected chi connectivity index (χ4v) is 4.81. The summed E-state index contributed by atoms with van der Waals surface area (Å²) in [6, 6.07) is 9.04. The van der Waals surface area contributed by atoms with Crippen LogP contribution >= 0.6 is 0 Å². The minimum Gasteiger partial charge on any atom is -0.316 e. The van der Waals surface area contributed by atoms with Crippen molar-refractivity contribution < 1.29 is 0 Å². The number of nitrogens with one attached hydrogen (secondary N) is 1. The molecule has 0 saturated heterocycles. The Morgan fingerprint density at radius 3 is 2.42 bits per heavy atom. The van der Waals surface area contributed by atoms with Crippen molar-refractivity contribution in [1.82, 2.24) is 5.32 Å². The predicted octanol–water partition coefficient (Wildman–Crippen LogP) is 4.20. The van der Waals surface area contributed by atoms with Gasteiger partial charge in [-0.05, 0) is 55.7 Å². The van der Waals surface area contributed by atoms with Crippen LogP contribution in [0.15, 0.2) is 24.3 Å². The summed E-state index contributed by atoms with van der Waals surface area (Å²) in [5.41, 5.74) is 4.21. The summed E-state index contributed by atoms with van der Waals surface area (Å²) in [5, 5.41) is 3.62. The summed E-state index contributed by atoms with van der Waals surface area (Å²) in [6.07, 6.45) is 8.71. The molecule has 0 radical (unpaired) electrons. The molecule has 1 aromatic rings. The third kappa shape index (κ3) is 2.23. The fraction of sp³-hybridized carbons (Fsp3) is 0.667. The zero-order chi connectivity index (χ0) is 13.3. The Balaban J connectivity index is 1.85. The monoisotopic (exact) mass is 257 g/mol. The van der Waals surface area contributed by atoms with E-state index in [1.165, 1.54) is 44.1 Å². The smallest absolute Gasteiger partial charge is 0.00909 e. The van der Waals surface area contributed by atoms with Crippen molar-refractivity contribution in [1.29, 1.82) is 0 Å². The van der Waals surface area contributed by atoms with Crippen LogP contribution in [0.4, 0.5) is 0 Å². The molecule has 2 saturated carbocycles. The van der Waals surface area contributed by atoms with Crippen molar-refractivity contribution in [3.05, 3.63) is 35.4 Å². The standard InChI is InChI=1S/C18H27N/c1-3-19-14-18(16-9-5-4-8-15(16)2)12-17(13-18)10-6-7-11-17/h4-5,8-9,19H,3,6-7,10-14H2,1-2H3. The first-order valence-electron chi connectivity index (χ1n) is 7.97. The Hall–Kier alpha value is -0.820. The van der Waals surface area contributed by atoms with Crippen LogP contribution in [0.2, 0.25) is 0 Å². The lowest BCUT2D eigenvalue weighted by Gasteiger charge is -2.56. The number of benzene rings is 1. The van der Waals surface area contributed by atoms with Crippen molar-refractivity contribution >= 4 is 0 Å². The highest BCUT2D eigenvalue weighted by Crippen LogP contribution is 2.63. The van der Waals surface area contributed by atoms with Crippen molar-refractivity contribution in [3.63, 3.8) is 0 Å². The quantitative estimate of drug-likeness (QED) is 0.852. The highest BCUT2D eigenvalue weighted by atomic mass is 14.9. The molecule has 0 unspecified atom stereocenters. The second-order valence-electron chi connectivity index (χ2n) is 6.94. The molecular formula is C18H27N. The second-order valence-corrected chi connectivity index (χ2v) is 6.94. The summed E-state index contributed by atoms with van der Waals surface area (Å²) < 4.78 is 0. The van der Waals surface area contributed by atoms with Crippen LogP contribution in [-0.2, 0) is 5.41 Å². The molecule has 0 aliphatic heterocycles. The van der Waals surface area contributed by atoms with E-state index in [4.69, 9.17) is 0 Å². The van der Waals surface area contributed by atoms with Crippen LogP contribution in [0.3, 0.4) is 0 Å². The number of hydrogen-bond donors (Lipinski definition) is 1. The topological polar surface area (TPSA) is 12.0 Å². The second kappa shape index (κ2) is 4.94. The molecule has 19 heavy (non-hydrogen) atoms. The SMILES string of the molecule is CCNCC1(c2ccccc2C)CC2(CCCC2)C1. The van der Waals surface area contributed by atoms with E-state index in [1.54, 1.807) is 5.56 Å². The van der Waals surface area contributed by atoms with Crippen molar-refractivity contribution in [2.75, 3.05) is 13.1 Å². The average Bonchev–Trinajstić information content (AvgIpc) is 2.84. The molecule has 0 bridgehead atoms. The summed E-state index contributed by atoms with van der Waals surface area (Å²) >= 11 is 0. The van der Waals surface area contributed by atoms with E-state index in [2.05, 4.69) is 43.4 Å². The zero-order valence-electron chi connectivity index (χ0n) is 12.5. The van der Waals surface area contributed by atoms with Gasteiger partial charge in [0.25, 0.3) is 0 Å².